The van der Waals surface area contributed by atoms with Gasteiger partial charge < -0.3 is 24.6 Å². The number of rotatable bonds is 7. The van der Waals surface area contributed by atoms with Crippen LogP contribution in [-0.2, 0) is 0 Å². The van der Waals surface area contributed by atoms with Crippen LogP contribution in [0.2, 0.25) is 0 Å². The summed E-state index contributed by atoms with van der Waals surface area (Å²) in [4.78, 5) is 6.60. The van der Waals surface area contributed by atoms with Crippen LogP contribution in [0.15, 0.2) is 18.2 Å². The molecule has 0 fully saturated rings. The Morgan fingerprint density at radius 3 is 2.08 bits per heavy atom. The zero-order valence-electron chi connectivity index (χ0n) is 14.9. The van der Waals surface area contributed by atoms with Gasteiger partial charge in [0.05, 0.1) is 26.4 Å². The molecule has 0 aliphatic heterocycles. The van der Waals surface area contributed by atoms with Gasteiger partial charge in [0.1, 0.15) is 22.8 Å². The van der Waals surface area contributed by atoms with Crippen molar-refractivity contribution in [3.8, 4) is 11.5 Å². The summed E-state index contributed by atoms with van der Waals surface area (Å²) in [5.41, 5.74) is 1.69. The van der Waals surface area contributed by atoms with Gasteiger partial charge in [-0.3, -0.25) is 0 Å². The summed E-state index contributed by atoms with van der Waals surface area (Å²) in [6.45, 7) is 6.18. The molecular weight excluding hydrogens is 308 g/mol. The summed E-state index contributed by atoms with van der Waals surface area (Å²) in [7, 11) is 3.23. The number of methoxy groups -OCH3 is 2. The average Bonchev–Trinajstić information content (AvgIpc) is 2.52. The second-order valence-corrected chi connectivity index (χ2v) is 6.09. The van der Waals surface area contributed by atoms with E-state index >= 15 is 0 Å². The van der Waals surface area contributed by atoms with E-state index in [0.29, 0.717) is 30.2 Å². The van der Waals surface area contributed by atoms with Crippen molar-refractivity contribution in [2.75, 3.05) is 32.2 Å². The summed E-state index contributed by atoms with van der Waals surface area (Å²) >= 11 is 0. The number of nitrogens with zero attached hydrogens (tertiary/aromatic N) is 2. The summed E-state index contributed by atoms with van der Waals surface area (Å²) in [6.07, 6.45) is -1.07. The summed E-state index contributed by atoms with van der Waals surface area (Å²) in [5.74, 6) is 2.08. The van der Waals surface area contributed by atoms with Crippen molar-refractivity contribution in [3.05, 3.63) is 23.8 Å². The second-order valence-electron chi connectivity index (χ2n) is 6.09. The number of fused-ring (bicyclic) bond motifs is 1. The number of ether oxygens (including phenoxy) is 2. The minimum Gasteiger partial charge on any atom is -0.496 e. The van der Waals surface area contributed by atoms with Gasteiger partial charge in [0.15, 0.2) is 0 Å². The summed E-state index contributed by atoms with van der Waals surface area (Å²) in [5, 5.41) is 20.4. The highest BCUT2D eigenvalue weighted by atomic mass is 16.5. The fourth-order valence-electron chi connectivity index (χ4n) is 2.85. The van der Waals surface area contributed by atoms with E-state index in [0.717, 1.165) is 16.7 Å². The maximum atomic E-state index is 9.77. The molecule has 0 bridgehead atoms. The molecule has 2 atom stereocenters. The number of benzene rings is 1. The van der Waals surface area contributed by atoms with Gasteiger partial charge in [0.25, 0.3) is 0 Å². The number of aromatic nitrogens is 1. The molecule has 6 nitrogen and oxygen atoms in total. The molecule has 0 unspecified atom stereocenters. The standard InChI is InChI=1S/C18H26N2O4/c1-11-8-16(20(9-12(2)21)10-13(3)22)19-18-15(24-5)7-6-14(23-4)17(11)18/h6-8,12-13,21-22H,9-10H2,1-5H3/t12-,13+. The van der Waals surface area contributed by atoms with Crippen molar-refractivity contribution in [3.63, 3.8) is 0 Å². The number of aryl methyl sites for hydroxylation is 1. The molecule has 0 saturated carbocycles. The van der Waals surface area contributed by atoms with Crippen LogP contribution in [0.3, 0.4) is 0 Å². The van der Waals surface area contributed by atoms with Crippen molar-refractivity contribution >= 4 is 16.7 Å². The van der Waals surface area contributed by atoms with Crippen molar-refractivity contribution in [1.29, 1.82) is 0 Å². The topological polar surface area (TPSA) is 75.1 Å². The van der Waals surface area contributed by atoms with Gasteiger partial charge in [-0.25, -0.2) is 4.98 Å². The molecular formula is C18H26N2O4. The molecule has 1 aromatic heterocycles. The molecule has 2 aromatic rings. The van der Waals surface area contributed by atoms with E-state index in [1.54, 1.807) is 28.1 Å². The largest absolute Gasteiger partial charge is 0.496 e. The smallest absolute Gasteiger partial charge is 0.145 e. The zero-order valence-corrected chi connectivity index (χ0v) is 14.9. The minimum absolute atomic E-state index is 0.384. The Hall–Kier alpha value is -2.05. The number of anilines is 1. The third-order valence-corrected chi connectivity index (χ3v) is 3.80. The molecule has 0 aliphatic rings. The van der Waals surface area contributed by atoms with Crippen LogP contribution < -0.4 is 14.4 Å². The first kappa shape index (κ1) is 18.3. The van der Waals surface area contributed by atoms with Crippen LogP contribution in [0.25, 0.3) is 10.9 Å². The molecule has 0 aliphatic carbocycles. The zero-order chi connectivity index (χ0) is 17.9. The highest BCUT2D eigenvalue weighted by Crippen LogP contribution is 2.36. The lowest BCUT2D eigenvalue weighted by Gasteiger charge is -2.27. The second kappa shape index (κ2) is 7.68. The molecule has 0 amide bonds. The van der Waals surface area contributed by atoms with Crippen LogP contribution in [0.1, 0.15) is 19.4 Å². The number of aliphatic hydroxyl groups excluding tert-OH is 2. The molecule has 1 heterocycles. The Morgan fingerprint density at radius 1 is 1.04 bits per heavy atom. The van der Waals surface area contributed by atoms with Crippen LogP contribution in [0, 0.1) is 6.92 Å². The normalized spacial score (nSPS) is 13.6. The maximum absolute atomic E-state index is 9.77. The molecule has 6 heteroatoms. The van der Waals surface area contributed by atoms with Gasteiger partial charge in [-0.15, -0.1) is 0 Å². The van der Waals surface area contributed by atoms with Crippen molar-refractivity contribution in [1.82, 2.24) is 4.98 Å². The van der Waals surface area contributed by atoms with Crippen LogP contribution in [-0.4, -0.2) is 54.7 Å². The van der Waals surface area contributed by atoms with Gasteiger partial charge in [0, 0.05) is 18.5 Å². The van der Waals surface area contributed by atoms with Gasteiger partial charge >= 0.3 is 0 Å². The molecule has 0 saturated heterocycles. The van der Waals surface area contributed by atoms with E-state index in [9.17, 15) is 10.2 Å². The molecule has 132 valence electrons. The number of hydrogen-bond donors (Lipinski definition) is 2. The Kier molecular flexibility index (Phi) is 5.85. The molecule has 2 N–H and O–H groups in total. The van der Waals surface area contributed by atoms with Gasteiger partial charge in [-0.05, 0) is 44.5 Å². The maximum Gasteiger partial charge on any atom is 0.145 e. The monoisotopic (exact) mass is 334 g/mol. The van der Waals surface area contributed by atoms with E-state index in [1.807, 2.05) is 30.0 Å². The third-order valence-electron chi connectivity index (χ3n) is 3.80. The summed E-state index contributed by atoms with van der Waals surface area (Å²) < 4.78 is 10.9. The lowest BCUT2D eigenvalue weighted by atomic mass is 10.1. The minimum atomic E-state index is -0.534. The number of pyridine rings is 1. The Bertz CT molecular complexity index is 691. The lowest BCUT2D eigenvalue weighted by molar-refractivity contribution is 0.178. The van der Waals surface area contributed by atoms with Crippen LogP contribution in [0.5, 0.6) is 11.5 Å². The highest BCUT2D eigenvalue weighted by Gasteiger charge is 2.18. The molecule has 1 aromatic carbocycles. The molecule has 24 heavy (non-hydrogen) atoms. The fourth-order valence-corrected chi connectivity index (χ4v) is 2.85. The first-order valence-corrected chi connectivity index (χ1v) is 8.00. The first-order valence-electron chi connectivity index (χ1n) is 8.00. The van der Waals surface area contributed by atoms with E-state index in [1.165, 1.54) is 0 Å². The predicted molar refractivity (Wildman–Crippen MR) is 95.2 cm³/mol. The quantitative estimate of drug-likeness (QED) is 0.808. The van der Waals surface area contributed by atoms with Crippen molar-refractivity contribution in [2.24, 2.45) is 0 Å². The number of aliphatic hydroxyl groups is 2. The SMILES string of the molecule is COc1ccc(OC)c2c(C)cc(N(C[C@H](C)O)C[C@@H](C)O)nc12. The van der Waals surface area contributed by atoms with E-state index in [-0.39, 0.29) is 0 Å². The Labute approximate surface area is 142 Å². The van der Waals surface area contributed by atoms with Crippen molar-refractivity contribution < 1.29 is 19.7 Å². The Balaban J connectivity index is 2.62. The van der Waals surface area contributed by atoms with Gasteiger partial charge in [-0.2, -0.15) is 0 Å². The van der Waals surface area contributed by atoms with Crippen LogP contribution >= 0.6 is 0 Å². The Morgan fingerprint density at radius 2 is 1.58 bits per heavy atom. The van der Waals surface area contributed by atoms with E-state index in [4.69, 9.17) is 14.5 Å². The molecule has 0 radical (unpaired) electrons. The van der Waals surface area contributed by atoms with Gasteiger partial charge in [0.2, 0.25) is 0 Å². The molecule has 2 rings (SSSR count). The first-order chi connectivity index (χ1) is 11.4. The summed E-state index contributed by atoms with van der Waals surface area (Å²) in [6, 6.07) is 5.62. The van der Waals surface area contributed by atoms with Gasteiger partial charge in [-0.1, -0.05) is 0 Å². The van der Waals surface area contributed by atoms with Crippen molar-refractivity contribution in [2.45, 2.75) is 33.0 Å². The molecule has 0 spiro atoms. The fraction of sp³-hybridized carbons (Fsp3) is 0.500. The van der Waals surface area contributed by atoms with E-state index in [2.05, 4.69) is 0 Å². The highest BCUT2D eigenvalue weighted by molar-refractivity contribution is 5.94. The van der Waals surface area contributed by atoms with Crippen LogP contribution in [0.4, 0.5) is 5.82 Å². The number of hydrogen-bond acceptors (Lipinski definition) is 6. The average molecular weight is 334 g/mol. The predicted octanol–water partition coefficient (Wildman–Crippen LogP) is 2.13. The lowest BCUT2D eigenvalue weighted by Crippen LogP contribution is -2.37. The third kappa shape index (κ3) is 3.88. The van der Waals surface area contributed by atoms with E-state index < -0.39 is 12.2 Å².